The highest BCUT2D eigenvalue weighted by Gasteiger charge is 2.48. The molecular weight excluding hydrogens is 1130 g/mol. The van der Waals surface area contributed by atoms with Gasteiger partial charge in [0.15, 0.2) is 0 Å². The Kier molecular flexibility index (Phi) is 34.5. The van der Waals surface area contributed by atoms with Gasteiger partial charge < -0.3 is 65.3 Å². The first-order valence-corrected chi connectivity index (χ1v) is 31.5. The Morgan fingerprint density at radius 2 is 1.32 bits per heavy atom. The van der Waals surface area contributed by atoms with Crippen molar-refractivity contribution in [2.24, 2.45) is 0 Å². The van der Waals surface area contributed by atoms with Gasteiger partial charge in [-0.3, -0.25) is 50.6 Å². The Labute approximate surface area is 464 Å². The van der Waals surface area contributed by atoms with Gasteiger partial charge in [-0.1, -0.05) is 61.3 Å². The molecule has 0 spiro atoms. The van der Waals surface area contributed by atoms with Crippen LogP contribution in [-0.4, -0.2) is 178 Å². The van der Waals surface area contributed by atoms with E-state index in [2.05, 4.69) is 27.1 Å². The maximum Gasteiger partial charge on any atom is 0.472 e. The van der Waals surface area contributed by atoms with E-state index >= 15 is 0 Å². The number of carbonyl (C=O) groups excluding carboxylic acids is 2. The Balaban J connectivity index is 0.000000623. The van der Waals surface area contributed by atoms with E-state index in [1.165, 1.54) is 30.0 Å². The number of ether oxygens (including phenoxy) is 3. The Morgan fingerprint density at radius 1 is 0.797 bits per heavy atom. The Morgan fingerprint density at radius 3 is 1.87 bits per heavy atom. The first-order chi connectivity index (χ1) is 36.4. The zero-order valence-corrected chi connectivity index (χ0v) is 48.5. The first-order valence-electron chi connectivity index (χ1n) is 25.5. The van der Waals surface area contributed by atoms with E-state index in [4.69, 9.17) is 77.7 Å². The van der Waals surface area contributed by atoms with Crippen molar-refractivity contribution in [1.82, 2.24) is 20.2 Å². The fourth-order valence-electron chi connectivity index (χ4n) is 7.48. The fraction of sp³-hybridized carbons (Fsp3) is 0.818. The second-order valence-electron chi connectivity index (χ2n) is 18.1. The number of aliphatic hydroxyl groups is 2. The number of nitrogen functional groups attached to an aromatic ring is 1. The number of aryl methyl sites for hydroxylation is 1. The van der Waals surface area contributed by atoms with Crippen LogP contribution in [0.1, 0.15) is 125 Å². The molecule has 4 radical (unpaired) electrons. The third-order valence-corrected chi connectivity index (χ3v) is 15.4. The van der Waals surface area contributed by atoms with Crippen molar-refractivity contribution in [3.8, 4) is 0 Å². The average molecular weight is 1210 g/mol. The van der Waals surface area contributed by atoms with Crippen LogP contribution in [0.5, 0.6) is 0 Å². The van der Waals surface area contributed by atoms with Crippen molar-refractivity contribution in [3.05, 3.63) is 28.2 Å². The number of carbonyl (C=O) groups is 2. The molecule has 11 N–H and O–H groups in total. The molecule has 3 aliphatic heterocycles. The van der Waals surface area contributed by atoms with Crippen LogP contribution in [0.15, 0.2) is 17.1 Å². The number of nitrogens with two attached hydrogens (primary N) is 1. The van der Waals surface area contributed by atoms with E-state index in [1.807, 2.05) is 13.8 Å². The van der Waals surface area contributed by atoms with E-state index in [-0.39, 0.29) is 50.7 Å². The molecule has 0 aromatic carbocycles. The summed E-state index contributed by atoms with van der Waals surface area (Å²) in [4.78, 5) is 86.0. The SMILES string of the molecule is C.CCCCCCC(=O)NCCNC(=O)/C=C/n1cc(C)c(=O)nc1N.[B]C1CC(OP(=O)(O)OC(CC)CC)C(CO)O1.[B]C1CC(OP(=O)(O)OCC2OC(C)C(O)C2OP(=O)(O)O)C(COP(=O)(O)OC(CC)CC)O1. The van der Waals surface area contributed by atoms with Gasteiger partial charge >= 0.3 is 31.3 Å². The molecule has 4 rings (SSSR count). The van der Waals surface area contributed by atoms with E-state index in [1.54, 1.807) is 20.8 Å². The molecule has 454 valence electrons. The number of hydrogen-bond donors (Lipinski definition) is 10. The first kappa shape index (κ1) is 74.7. The molecule has 3 fully saturated rings. The molecule has 13 unspecified atom stereocenters. The lowest BCUT2D eigenvalue weighted by Gasteiger charge is -2.25. The van der Waals surface area contributed by atoms with Crippen LogP contribution in [0.2, 0.25) is 0 Å². The minimum absolute atomic E-state index is 0. The third kappa shape index (κ3) is 29.2. The molecule has 0 saturated carbocycles. The minimum Gasteiger partial charge on any atom is -0.394 e. The monoisotopic (exact) mass is 1210 g/mol. The normalized spacial score (nSPS) is 26.3. The molecule has 3 aliphatic rings. The van der Waals surface area contributed by atoms with Crippen LogP contribution in [0.3, 0.4) is 0 Å². The summed E-state index contributed by atoms with van der Waals surface area (Å²) in [6.45, 7) is 11.5. The van der Waals surface area contributed by atoms with Crippen molar-refractivity contribution in [3.63, 3.8) is 0 Å². The minimum atomic E-state index is -5.01. The summed E-state index contributed by atoms with van der Waals surface area (Å²) in [5.41, 5.74) is 5.65. The summed E-state index contributed by atoms with van der Waals surface area (Å²) in [5.74, 6) is -0.314. The fourth-order valence-corrected chi connectivity index (χ4v) is 11.4. The predicted molar refractivity (Wildman–Crippen MR) is 289 cm³/mol. The highest BCUT2D eigenvalue weighted by Crippen LogP contribution is 2.51. The van der Waals surface area contributed by atoms with Gasteiger partial charge in [-0.25, -0.2) is 18.3 Å². The van der Waals surface area contributed by atoms with E-state index in [0.29, 0.717) is 50.8 Å². The van der Waals surface area contributed by atoms with Gasteiger partial charge in [-0.2, -0.15) is 4.98 Å². The van der Waals surface area contributed by atoms with E-state index in [9.17, 15) is 52.4 Å². The number of hydrogen-bond acceptors (Lipinski definition) is 21. The summed E-state index contributed by atoms with van der Waals surface area (Å²) < 4.78 is 99.3. The van der Waals surface area contributed by atoms with Gasteiger partial charge in [0.2, 0.25) is 17.8 Å². The highest BCUT2D eigenvalue weighted by molar-refractivity contribution is 7.48. The molecule has 35 heteroatoms. The van der Waals surface area contributed by atoms with Gasteiger partial charge in [-0.15, -0.1) is 0 Å². The largest absolute Gasteiger partial charge is 0.472 e. The number of aliphatic hydroxyl groups excluding tert-OH is 2. The topological polar surface area (TPSA) is 421 Å². The van der Waals surface area contributed by atoms with Gasteiger partial charge in [-0.05, 0) is 58.8 Å². The lowest BCUT2D eigenvalue weighted by Crippen LogP contribution is -2.36. The zero-order chi connectivity index (χ0) is 59.0. The number of phosphoric acid groups is 4. The second kappa shape index (κ2) is 36.4. The third-order valence-electron chi connectivity index (χ3n) is 11.7. The molecule has 3 saturated heterocycles. The molecule has 79 heavy (non-hydrogen) atoms. The smallest absolute Gasteiger partial charge is 0.394 e. The van der Waals surface area contributed by atoms with Crippen LogP contribution in [0.25, 0.3) is 6.20 Å². The number of unbranched alkanes of at least 4 members (excludes halogenated alkanes) is 3. The molecule has 1 aromatic rings. The molecule has 2 amide bonds. The van der Waals surface area contributed by atoms with Crippen LogP contribution in [0.4, 0.5) is 5.95 Å². The zero-order valence-electron chi connectivity index (χ0n) is 45.0. The number of anilines is 1. The summed E-state index contributed by atoms with van der Waals surface area (Å²) in [6.07, 6.45) is 1.62. The van der Waals surface area contributed by atoms with E-state index in [0.717, 1.165) is 25.7 Å². The average Bonchev–Trinajstić information content (AvgIpc) is 3.99. The number of aromatic nitrogens is 2. The number of rotatable bonds is 31. The summed E-state index contributed by atoms with van der Waals surface area (Å²) in [5, 5.41) is 24.5. The number of phosphoric ester groups is 4. The van der Waals surface area contributed by atoms with Crippen molar-refractivity contribution in [2.45, 2.75) is 200 Å². The lowest BCUT2D eigenvalue weighted by atomic mass is 9.96. The highest BCUT2D eigenvalue weighted by atomic mass is 31.2. The molecule has 1 aromatic heterocycles. The summed E-state index contributed by atoms with van der Waals surface area (Å²) in [6, 6.07) is -1.53. The second-order valence-corrected chi connectivity index (χ2v) is 23.5. The van der Waals surface area contributed by atoms with Gasteiger partial charge in [0.1, 0.15) is 46.2 Å². The summed E-state index contributed by atoms with van der Waals surface area (Å²) >= 11 is 0. The van der Waals surface area contributed by atoms with Gasteiger partial charge in [0.25, 0.3) is 5.56 Å². The van der Waals surface area contributed by atoms with Gasteiger partial charge in [0, 0.05) is 55.6 Å². The van der Waals surface area contributed by atoms with Crippen LogP contribution >= 0.6 is 31.3 Å². The molecular formula is C44H83B2N5O24P4. The van der Waals surface area contributed by atoms with Gasteiger partial charge in [0.05, 0.1) is 50.3 Å². The Hall–Kier alpha value is -2.27. The predicted octanol–water partition coefficient (Wildman–Crippen LogP) is 3.12. The molecule has 13 atom stereocenters. The number of nitrogens with one attached hydrogen (secondary N) is 2. The maximum atomic E-state index is 12.5. The molecule has 0 bridgehead atoms. The lowest BCUT2D eigenvalue weighted by molar-refractivity contribution is -0.121. The quantitative estimate of drug-likeness (QED) is 0.0221. The van der Waals surface area contributed by atoms with Crippen molar-refractivity contribution >= 4 is 70.9 Å². The van der Waals surface area contributed by atoms with Crippen molar-refractivity contribution in [2.75, 3.05) is 38.6 Å². The maximum absolute atomic E-state index is 12.5. The molecule has 4 heterocycles. The van der Waals surface area contributed by atoms with Crippen molar-refractivity contribution < 1.29 is 108 Å². The summed E-state index contributed by atoms with van der Waals surface area (Å²) in [7, 11) is -7.21. The number of amides is 2. The standard InChI is InChI=1S/C17H27N5O3.C16H32BO15P3.C10H20BO6P.CH4/c1-3-4-5-6-7-14(23)19-9-10-20-15(24)8-11-22-12-13(2)16(25)21-17(22)18;1-4-10(5-2)30-34(22,23)26-7-12-11(6-14(17)29-12)31-35(24,25)27-8-13-16(32-33(19,20)21)15(18)9(3)28-13;1-3-7(4-2)16-18(13,14)17-8-5-10(11)15-9(8)6-12;/h8,11-12H,3-7,9-10H2,1-2H3,(H,19,23)(H,20,24)(H2,18,21,25);9-16,18H,4-8H2,1-3H3,(H,22,23)(H,24,25)(H2,19,20,21);7-10,12H,3-6H2,1-2H3,(H,13,14);1H4/b11-8+;;;. The van der Waals surface area contributed by atoms with Crippen molar-refractivity contribution in [1.29, 1.82) is 0 Å². The Bertz CT molecular complexity index is 2270. The molecule has 0 aliphatic carbocycles. The van der Waals surface area contributed by atoms with Crippen LogP contribution in [-0.2, 0) is 73.7 Å². The van der Waals surface area contributed by atoms with Crippen LogP contribution in [0, 0.1) is 6.92 Å². The van der Waals surface area contributed by atoms with Crippen LogP contribution < -0.4 is 21.9 Å². The van der Waals surface area contributed by atoms with E-state index < -0.39 is 117 Å². The number of nitrogens with zero attached hydrogens (tertiary/aromatic N) is 2. The molecule has 29 nitrogen and oxygen atoms in total.